The van der Waals surface area contributed by atoms with E-state index in [1.807, 2.05) is 102 Å². The molecule has 0 bridgehead atoms. The number of hydrogen-bond donors (Lipinski definition) is 0. The summed E-state index contributed by atoms with van der Waals surface area (Å²) in [6.45, 7) is 0. The number of carbonyl (C=O) groups excluding carboxylic acids is 1. The third kappa shape index (κ3) is 4.46. The van der Waals surface area contributed by atoms with E-state index in [1.54, 1.807) is 28.7 Å². The molecule has 0 aliphatic carbocycles. The zero-order valence-electron chi connectivity index (χ0n) is 16.3. The van der Waals surface area contributed by atoms with E-state index >= 15 is 0 Å². The fourth-order valence-electron chi connectivity index (χ4n) is 3.52. The van der Waals surface area contributed by atoms with E-state index in [0.29, 0.717) is 0 Å². The fraction of sp³-hybridized carbons (Fsp3) is 0.0800. The SMILES string of the molecule is O=C(/C=C/c1cccs1)CC(c1cccs1)P(=O)(c1ccccc1)c1ccccc1. The van der Waals surface area contributed by atoms with Gasteiger partial charge >= 0.3 is 0 Å². The van der Waals surface area contributed by atoms with Crippen molar-refractivity contribution in [1.82, 2.24) is 0 Å². The summed E-state index contributed by atoms with van der Waals surface area (Å²) in [4.78, 5) is 15.0. The number of allylic oxidation sites excluding steroid dienone is 1. The van der Waals surface area contributed by atoms with Gasteiger partial charge in [-0.2, -0.15) is 0 Å². The molecule has 0 radical (unpaired) electrons. The summed E-state index contributed by atoms with van der Waals surface area (Å²) in [6.07, 6.45) is 3.66. The van der Waals surface area contributed by atoms with E-state index in [9.17, 15) is 9.36 Å². The predicted molar refractivity (Wildman–Crippen MR) is 130 cm³/mol. The third-order valence-corrected chi connectivity index (χ3v) is 10.4. The summed E-state index contributed by atoms with van der Waals surface area (Å²) < 4.78 is 14.8. The monoisotopic (exact) mass is 448 g/mol. The van der Waals surface area contributed by atoms with Gasteiger partial charge < -0.3 is 4.57 Å². The minimum Gasteiger partial charge on any atom is -0.313 e. The topological polar surface area (TPSA) is 34.1 Å². The van der Waals surface area contributed by atoms with Gasteiger partial charge in [-0.25, -0.2) is 0 Å². The molecule has 0 saturated carbocycles. The van der Waals surface area contributed by atoms with Gasteiger partial charge in [0.05, 0.1) is 5.66 Å². The molecule has 150 valence electrons. The molecular weight excluding hydrogens is 427 g/mol. The van der Waals surface area contributed by atoms with Crippen LogP contribution in [0.15, 0.2) is 102 Å². The maximum Gasteiger partial charge on any atom is 0.156 e. The lowest BCUT2D eigenvalue weighted by Gasteiger charge is -2.27. The average Bonchev–Trinajstić information content (AvgIpc) is 3.51. The van der Waals surface area contributed by atoms with Crippen LogP contribution in [0.5, 0.6) is 0 Å². The third-order valence-electron chi connectivity index (χ3n) is 4.96. The molecule has 2 heterocycles. The van der Waals surface area contributed by atoms with E-state index in [1.165, 1.54) is 0 Å². The highest BCUT2D eigenvalue weighted by molar-refractivity contribution is 7.79. The van der Waals surface area contributed by atoms with Crippen molar-refractivity contribution in [3.8, 4) is 0 Å². The van der Waals surface area contributed by atoms with Crippen LogP contribution >= 0.6 is 29.8 Å². The molecule has 0 amide bonds. The number of hydrogen-bond acceptors (Lipinski definition) is 4. The van der Waals surface area contributed by atoms with E-state index in [4.69, 9.17) is 0 Å². The Morgan fingerprint density at radius 1 is 0.800 bits per heavy atom. The van der Waals surface area contributed by atoms with Crippen LogP contribution in [0.25, 0.3) is 6.08 Å². The van der Waals surface area contributed by atoms with E-state index in [-0.39, 0.29) is 12.2 Å². The molecule has 2 aromatic heterocycles. The van der Waals surface area contributed by atoms with Crippen LogP contribution in [0, 0.1) is 0 Å². The Kier molecular flexibility index (Phi) is 6.59. The van der Waals surface area contributed by atoms with Gasteiger partial charge in [0.25, 0.3) is 0 Å². The Morgan fingerprint density at radius 3 is 1.93 bits per heavy atom. The number of rotatable bonds is 8. The van der Waals surface area contributed by atoms with E-state index in [2.05, 4.69) is 0 Å². The Labute approximate surface area is 184 Å². The van der Waals surface area contributed by atoms with Gasteiger partial charge in [0.1, 0.15) is 0 Å². The normalized spacial score (nSPS) is 12.8. The quantitative estimate of drug-likeness (QED) is 0.227. The van der Waals surface area contributed by atoms with Gasteiger partial charge in [-0.3, -0.25) is 4.79 Å². The number of carbonyl (C=O) groups is 1. The van der Waals surface area contributed by atoms with Crippen molar-refractivity contribution < 1.29 is 9.36 Å². The van der Waals surface area contributed by atoms with Crippen LogP contribution in [-0.4, -0.2) is 5.78 Å². The second kappa shape index (κ2) is 9.53. The predicted octanol–water partition coefficient (Wildman–Crippen LogP) is 6.54. The van der Waals surface area contributed by atoms with Crippen LogP contribution in [0.2, 0.25) is 0 Å². The Balaban J connectivity index is 1.77. The zero-order valence-corrected chi connectivity index (χ0v) is 18.8. The Hall–Kier alpha value is -2.52. The van der Waals surface area contributed by atoms with Crippen LogP contribution in [0.4, 0.5) is 0 Å². The first-order valence-corrected chi connectivity index (χ1v) is 13.2. The van der Waals surface area contributed by atoms with Crippen molar-refractivity contribution in [2.24, 2.45) is 0 Å². The van der Waals surface area contributed by atoms with Crippen molar-refractivity contribution in [1.29, 1.82) is 0 Å². The minimum absolute atomic E-state index is 0.0195. The summed E-state index contributed by atoms with van der Waals surface area (Å²) in [7, 11) is -3.10. The molecule has 2 nitrogen and oxygen atoms in total. The summed E-state index contributed by atoms with van der Waals surface area (Å²) >= 11 is 3.15. The maximum atomic E-state index is 14.8. The van der Waals surface area contributed by atoms with Crippen LogP contribution < -0.4 is 10.6 Å². The second-order valence-corrected chi connectivity index (χ2v) is 11.8. The van der Waals surface area contributed by atoms with Crippen molar-refractivity contribution in [2.45, 2.75) is 12.1 Å². The van der Waals surface area contributed by atoms with Gasteiger partial charge in [0.2, 0.25) is 0 Å². The second-order valence-electron chi connectivity index (χ2n) is 6.88. The number of ketones is 1. The standard InChI is InChI=1S/C25H21O2PS2/c26-20(15-16-23-13-7-17-29-23)19-24(25-14-8-18-30-25)28(27,21-9-3-1-4-10-21)22-11-5-2-6-12-22/h1-18,24H,19H2/b16-15+. The summed E-state index contributed by atoms with van der Waals surface area (Å²) in [5.74, 6) is -0.0195. The highest BCUT2D eigenvalue weighted by Crippen LogP contribution is 2.59. The molecule has 4 rings (SSSR count). The van der Waals surface area contributed by atoms with Gasteiger partial charge in [-0.05, 0) is 35.0 Å². The van der Waals surface area contributed by atoms with Crippen LogP contribution in [-0.2, 0) is 9.36 Å². The maximum absolute atomic E-state index is 14.8. The largest absolute Gasteiger partial charge is 0.313 e. The Bertz CT molecular complexity index is 1110. The highest BCUT2D eigenvalue weighted by Gasteiger charge is 2.39. The first-order valence-electron chi connectivity index (χ1n) is 9.66. The summed E-state index contributed by atoms with van der Waals surface area (Å²) in [5.41, 5.74) is -0.400. The molecule has 2 aromatic carbocycles. The molecular formula is C25H21O2PS2. The van der Waals surface area contributed by atoms with Crippen LogP contribution in [0.1, 0.15) is 21.8 Å². The lowest BCUT2D eigenvalue weighted by Crippen LogP contribution is -2.22. The minimum atomic E-state index is -3.10. The summed E-state index contributed by atoms with van der Waals surface area (Å²) in [6, 6.07) is 27.0. The van der Waals surface area contributed by atoms with Gasteiger partial charge in [-0.1, -0.05) is 72.8 Å². The van der Waals surface area contributed by atoms with E-state index in [0.717, 1.165) is 20.4 Å². The highest BCUT2D eigenvalue weighted by atomic mass is 32.1. The molecule has 0 aliphatic heterocycles. The molecule has 0 saturated heterocycles. The fourth-order valence-corrected chi connectivity index (χ4v) is 8.60. The molecule has 0 aliphatic rings. The van der Waals surface area contributed by atoms with E-state index < -0.39 is 12.8 Å². The van der Waals surface area contributed by atoms with Gasteiger partial charge in [0.15, 0.2) is 12.9 Å². The molecule has 1 unspecified atom stereocenters. The molecule has 4 aromatic rings. The molecule has 0 fully saturated rings. The van der Waals surface area contributed by atoms with Crippen molar-refractivity contribution in [3.05, 3.63) is 112 Å². The van der Waals surface area contributed by atoms with Crippen molar-refractivity contribution in [2.75, 3.05) is 0 Å². The number of thiophene rings is 2. The lowest BCUT2D eigenvalue weighted by atomic mass is 10.2. The molecule has 0 N–H and O–H groups in total. The lowest BCUT2D eigenvalue weighted by molar-refractivity contribution is -0.114. The van der Waals surface area contributed by atoms with Gasteiger partial charge in [0, 0.05) is 26.8 Å². The zero-order chi connectivity index (χ0) is 20.8. The molecule has 30 heavy (non-hydrogen) atoms. The average molecular weight is 449 g/mol. The summed E-state index contributed by atoms with van der Waals surface area (Å²) in [5, 5.41) is 5.53. The number of benzene rings is 2. The Morgan fingerprint density at radius 2 is 1.40 bits per heavy atom. The van der Waals surface area contributed by atoms with Crippen molar-refractivity contribution in [3.63, 3.8) is 0 Å². The van der Waals surface area contributed by atoms with Crippen LogP contribution in [0.3, 0.4) is 0 Å². The smallest absolute Gasteiger partial charge is 0.156 e. The first-order chi connectivity index (χ1) is 14.7. The van der Waals surface area contributed by atoms with Gasteiger partial charge in [-0.15, -0.1) is 22.7 Å². The molecule has 5 heteroatoms. The molecule has 0 spiro atoms. The first kappa shape index (κ1) is 20.7. The van der Waals surface area contributed by atoms with Crippen molar-refractivity contribution >= 4 is 52.3 Å². The molecule has 1 atom stereocenters.